The van der Waals surface area contributed by atoms with Crippen LogP contribution < -0.4 is 4.72 Å². The highest BCUT2D eigenvalue weighted by atomic mass is 32.2. The maximum Gasteiger partial charge on any atom is 0.240 e. The Labute approximate surface area is 107 Å². The Hall–Kier alpha value is -0.950. The molecule has 0 unspecified atom stereocenters. The third-order valence-corrected chi connectivity index (χ3v) is 4.29. The molecule has 1 aromatic carbocycles. The van der Waals surface area contributed by atoms with Crippen molar-refractivity contribution in [1.29, 1.82) is 0 Å². The van der Waals surface area contributed by atoms with E-state index in [-0.39, 0.29) is 10.9 Å². The van der Waals surface area contributed by atoms with Gasteiger partial charge >= 0.3 is 0 Å². The molecule has 1 aliphatic heterocycles. The first-order valence-corrected chi connectivity index (χ1v) is 7.28. The third-order valence-electron chi connectivity index (χ3n) is 2.77. The van der Waals surface area contributed by atoms with Gasteiger partial charge in [0.1, 0.15) is 0 Å². The zero-order valence-electron chi connectivity index (χ0n) is 10.3. The standard InChI is InChI=1S/C12H17NO4S/c1-16-8-10-3-2-4-12(7-10)18(14,15)13-11-5-6-17-9-11/h2-4,7,11,13H,5-6,8-9H2,1H3/t11-/m0/s1. The van der Waals surface area contributed by atoms with Crippen molar-refractivity contribution in [1.82, 2.24) is 4.72 Å². The molecule has 100 valence electrons. The number of hydrogen-bond acceptors (Lipinski definition) is 4. The normalized spacial score (nSPS) is 20.2. The van der Waals surface area contributed by atoms with E-state index in [1.54, 1.807) is 25.3 Å². The molecule has 0 aromatic heterocycles. The minimum absolute atomic E-state index is 0.124. The van der Waals surface area contributed by atoms with Crippen LogP contribution in [0.15, 0.2) is 29.2 Å². The third kappa shape index (κ3) is 3.29. The van der Waals surface area contributed by atoms with Crippen LogP contribution in [-0.2, 0) is 26.1 Å². The fourth-order valence-electron chi connectivity index (χ4n) is 1.88. The maximum absolute atomic E-state index is 12.1. The fourth-order valence-corrected chi connectivity index (χ4v) is 3.21. The molecule has 6 heteroatoms. The lowest BCUT2D eigenvalue weighted by atomic mass is 10.2. The van der Waals surface area contributed by atoms with E-state index in [0.29, 0.717) is 19.8 Å². The summed E-state index contributed by atoms with van der Waals surface area (Å²) in [6.07, 6.45) is 0.719. The van der Waals surface area contributed by atoms with Gasteiger partial charge in [0, 0.05) is 19.8 Å². The monoisotopic (exact) mass is 271 g/mol. The van der Waals surface area contributed by atoms with Crippen molar-refractivity contribution in [2.75, 3.05) is 20.3 Å². The molecule has 1 aromatic rings. The number of nitrogens with one attached hydrogen (secondary N) is 1. The summed E-state index contributed by atoms with van der Waals surface area (Å²) in [4.78, 5) is 0.268. The van der Waals surface area contributed by atoms with Crippen LogP contribution in [0.25, 0.3) is 0 Å². The fraction of sp³-hybridized carbons (Fsp3) is 0.500. The van der Waals surface area contributed by atoms with Crippen molar-refractivity contribution in [3.8, 4) is 0 Å². The zero-order valence-corrected chi connectivity index (χ0v) is 11.1. The summed E-state index contributed by atoms with van der Waals surface area (Å²) in [7, 11) is -1.89. The molecule has 1 heterocycles. The van der Waals surface area contributed by atoms with Gasteiger partial charge in [-0.15, -0.1) is 0 Å². The molecule has 0 amide bonds. The van der Waals surface area contributed by atoms with E-state index >= 15 is 0 Å². The molecular weight excluding hydrogens is 254 g/mol. The molecule has 0 radical (unpaired) electrons. The van der Waals surface area contributed by atoms with Crippen LogP contribution in [0, 0.1) is 0 Å². The summed E-state index contributed by atoms with van der Waals surface area (Å²) in [6.45, 7) is 1.45. The van der Waals surface area contributed by atoms with E-state index in [4.69, 9.17) is 9.47 Å². The van der Waals surface area contributed by atoms with E-state index in [1.807, 2.05) is 6.07 Å². The highest BCUT2D eigenvalue weighted by Crippen LogP contribution is 2.14. The van der Waals surface area contributed by atoms with Gasteiger partial charge in [-0.05, 0) is 24.1 Å². The van der Waals surface area contributed by atoms with Crippen LogP contribution in [0.3, 0.4) is 0 Å². The predicted octanol–water partition coefficient (Wildman–Crippen LogP) is 0.900. The molecule has 0 aliphatic carbocycles. The Morgan fingerprint density at radius 1 is 1.50 bits per heavy atom. The van der Waals surface area contributed by atoms with Crippen LogP contribution in [0.5, 0.6) is 0 Å². The Bertz CT molecular complexity index is 495. The summed E-state index contributed by atoms with van der Waals surface area (Å²) in [5.41, 5.74) is 0.836. The van der Waals surface area contributed by atoms with Crippen LogP contribution in [-0.4, -0.2) is 34.8 Å². The van der Waals surface area contributed by atoms with Gasteiger partial charge in [-0.3, -0.25) is 0 Å². The van der Waals surface area contributed by atoms with Crippen LogP contribution in [0.2, 0.25) is 0 Å². The van der Waals surface area contributed by atoms with Gasteiger partial charge in [0.05, 0.1) is 18.1 Å². The first-order valence-electron chi connectivity index (χ1n) is 5.80. The van der Waals surface area contributed by atoms with Crippen LogP contribution in [0.4, 0.5) is 0 Å². The molecular formula is C12H17NO4S. The minimum atomic E-state index is -3.47. The zero-order chi connectivity index (χ0) is 13.0. The smallest absolute Gasteiger partial charge is 0.240 e. The van der Waals surface area contributed by atoms with E-state index < -0.39 is 10.0 Å². The largest absolute Gasteiger partial charge is 0.380 e. The van der Waals surface area contributed by atoms with E-state index in [2.05, 4.69) is 4.72 Å². The lowest BCUT2D eigenvalue weighted by molar-refractivity contribution is 0.184. The number of hydrogen-bond donors (Lipinski definition) is 1. The maximum atomic E-state index is 12.1. The van der Waals surface area contributed by atoms with Gasteiger partial charge in [0.2, 0.25) is 10.0 Å². The minimum Gasteiger partial charge on any atom is -0.380 e. The first kappa shape index (κ1) is 13.5. The molecule has 5 nitrogen and oxygen atoms in total. The summed E-state index contributed by atoms with van der Waals surface area (Å²) in [6, 6.07) is 6.63. The van der Waals surface area contributed by atoms with Crippen molar-refractivity contribution in [2.45, 2.75) is 24.0 Å². The van der Waals surface area contributed by atoms with Gasteiger partial charge in [0.15, 0.2) is 0 Å². The number of methoxy groups -OCH3 is 1. The predicted molar refractivity (Wildman–Crippen MR) is 66.7 cm³/mol. The van der Waals surface area contributed by atoms with Crippen molar-refractivity contribution >= 4 is 10.0 Å². The molecule has 1 N–H and O–H groups in total. The van der Waals surface area contributed by atoms with Gasteiger partial charge in [0.25, 0.3) is 0 Å². The Balaban J connectivity index is 2.15. The molecule has 0 bridgehead atoms. The second-order valence-electron chi connectivity index (χ2n) is 4.26. The number of sulfonamides is 1. The average Bonchev–Trinajstić information content (AvgIpc) is 2.82. The van der Waals surface area contributed by atoms with Crippen molar-refractivity contribution in [3.05, 3.63) is 29.8 Å². The summed E-state index contributed by atoms with van der Waals surface area (Å²) in [5, 5.41) is 0. The van der Waals surface area contributed by atoms with Crippen molar-refractivity contribution in [3.63, 3.8) is 0 Å². The number of rotatable bonds is 5. The van der Waals surface area contributed by atoms with Gasteiger partial charge in [-0.2, -0.15) is 0 Å². The Kier molecular flexibility index (Phi) is 4.34. The van der Waals surface area contributed by atoms with Gasteiger partial charge in [-0.25, -0.2) is 13.1 Å². The Morgan fingerprint density at radius 3 is 3.00 bits per heavy atom. The molecule has 1 aliphatic rings. The highest BCUT2D eigenvalue weighted by molar-refractivity contribution is 7.89. The first-order chi connectivity index (χ1) is 8.62. The highest BCUT2D eigenvalue weighted by Gasteiger charge is 2.23. The number of benzene rings is 1. The van der Waals surface area contributed by atoms with Crippen LogP contribution in [0.1, 0.15) is 12.0 Å². The van der Waals surface area contributed by atoms with E-state index in [9.17, 15) is 8.42 Å². The average molecular weight is 271 g/mol. The van der Waals surface area contributed by atoms with Gasteiger partial charge in [-0.1, -0.05) is 12.1 Å². The molecule has 1 atom stereocenters. The molecule has 18 heavy (non-hydrogen) atoms. The van der Waals surface area contributed by atoms with E-state index in [0.717, 1.165) is 12.0 Å². The lowest BCUT2D eigenvalue weighted by Gasteiger charge is -2.12. The van der Waals surface area contributed by atoms with Crippen molar-refractivity contribution < 1.29 is 17.9 Å². The second-order valence-corrected chi connectivity index (χ2v) is 5.98. The SMILES string of the molecule is COCc1cccc(S(=O)(=O)N[C@H]2CCOC2)c1. The lowest BCUT2D eigenvalue weighted by Crippen LogP contribution is -2.35. The molecule has 0 spiro atoms. The quantitative estimate of drug-likeness (QED) is 0.864. The molecule has 0 saturated carbocycles. The summed E-state index contributed by atoms with van der Waals surface area (Å²) >= 11 is 0. The topological polar surface area (TPSA) is 64.6 Å². The second kappa shape index (κ2) is 5.79. The molecule has 1 saturated heterocycles. The van der Waals surface area contributed by atoms with Crippen LogP contribution >= 0.6 is 0 Å². The summed E-state index contributed by atoms with van der Waals surface area (Å²) in [5.74, 6) is 0. The Morgan fingerprint density at radius 2 is 2.33 bits per heavy atom. The molecule has 2 rings (SSSR count). The van der Waals surface area contributed by atoms with E-state index in [1.165, 1.54) is 0 Å². The number of ether oxygens (including phenoxy) is 2. The van der Waals surface area contributed by atoms with Gasteiger partial charge < -0.3 is 9.47 Å². The summed E-state index contributed by atoms with van der Waals surface area (Å²) < 4.78 is 37.1. The molecule has 1 fully saturated rings. The van der Waals surface area contributed by atoms with Crippen molar-refractivity contribution in [2.24, 2.45) is 0 Å².